The van der Waals surface area contributed by atoms with E-state index in [0.29, 0.717) is 37.2 Å². The van der Waals surface area contributed by atoms with E-state index in [9.17, 15) is 14.7 Å². The van der Waals surface area contributed by atoms with Crippen LogP contribution in [0.1, 0.15) is 29.0 Å². The second-order valence-corrected chi connectivity index (χ2v) is 6.22. The number of ether oxygens (including phenoxy) is 2. The van der Waals surface area contributed by atoms with Gasteiger partial charge in [0, 0.05) is 37.8 Å². The maximum absolute atomic E-state index is 12.6. The minimum Gasteiger partial charge on any atom is -0.481 e. The second kappa shape index (κ2) is 7.25. The molecule has 2 aromatic rings. The normalized spacial score (nSPS) is 16.7. The number of hydrogen-bond acceptors (Lipinski definition) is 5. The van der Waals surface area contributed by atoms with E-state index in [0.717, 1.165) is 5.39 Å². The molecule has 0 aliphatic carbocycles. The van der Waals surface area contributed by atoms with Gasteiger partial charge in [0.25, 0.3) is 5.91 Å². The lowest BCUT2D eigenvalue weighted by Crippen LogP contribution is -2.46. The van der Waals surface area contributed by atoms with Crippen LogP contribution in [0.5, 0.6) is 0 Å². The minimum absolute atomic E-state index is 0.0357. The predicted octanol–water partition coefficient (Wildman–Crippen LogP) is 2.19. The maximum Gasteiger partial charge on any atom is 0.311 e. The van der Waals surface area contributed by atoms with Gasteiger partial charge < -0.3 is 24.3 Å². The van der Waals surface area contributed by atoms with Gasteiger partial charge in [-0.25, -0.2) is 0 Å². The molecule has 2 heterocycles. The van der Waals surface area contributed by atoms with E-state index in [1.165, 1.54) is 0 Å². The number of fused-ring (bicyclic) bond motifs is 1. The molecule has 7 nitrogen and oxygen atoms in total. The summed E-state index contributed by atoms with van der Waals surface area (Å²) in [7, 11) is 1.55. The van der Waals surface area contributed by atoms with Crippen molar-refractivity contribution in [2.75, 3.05) is 26.9 Å². The molecule has 2 N–H and O–H groups in total. The van der Waals surface area contributed by atoms with Crippen LogP contribution >= 0.6 is 0 Å². The molecule has 0 saturated carbocycles. The van der Waals surface area contributed by atoms with Crippen molar-refractivity contribution in [3.63, 3.8) is 0 Å². The average molecular weight is 347 g/mol. The summed E-state index contributed by atoms with van der Waals surface area (Å²) in [4.78, 5) is 24.3. The summed E-state index contributed by atoms with van der Waals surface area (Å²) in [6.45, 7) is 1.02. The van der Waals surface area contributed by atoms with Crippen LogP contribution in [0, 0.1) is 5.41 Å². The Bertz CT molecular complexity index is 775. The fourth-order valence-electron chi connectivity index (χ4n) is 3.13. The molecular weight excluding hydrogens is 326 g/mol. The molecule has 134 valence electrons. The molecule has 0 bridgehead atoms. The largest absolute Gasteiger partial charge is 0.481 e. The fraction of sp³-hybridized carbons (Fsp3) is 0.444. The first-order valence-electron chi connectivity index (χ1n) is 8.16. The van der Waals surface area contributed by atoms with Gasteiger partial charge in [0.15, 0.2) is 5.76 Å². The van der Waals surface area contributed by atoms with Crippen molar-refractivity contribution >= 4 is 22.8 Å². The number of amides is 1. The number of methoxy groups -OCH3 is 1. The Morgan fingerprint density at radius 3 is 2.68 bits per heavy atom. The van der Waals surface area contributed by atoms with Gasteiger partial charge in [-0.3, -0.25) is 9.59 Å². The molecule has 1 aliphatic heterocycles. The van der Waals surface area contributed by atoms with Crippen molar-refractivity contribution in [1.82, 2.24) is 5.32 Å². The number of nitrogens with one attached hydrogen (secondary N) is 1. The van der Waals surface area contributed by atoms with Crippen LogP contribution in [0.4, 0.5) is 0 Å². The van der Waals surface area contributed by atoms with E-state index in [1.807, 2.05) is 18.2 Å². The molecule has 0 radical (unpaired) electrons. The van der Waals surface area contributed by atoms with Crippen molar-refractivity contribution in [3.8, 4) is 0 Å². The molecule has 0 atom stereocenters. The van der Waals surface area contributed by atoms with Crippen LogP contribution in [-0.2, 0) is 20.9 Å². The Morgan fingerprint density at radius 1 is 1.28 bits per heavy atom. The van der Waals surface area contributed by atoms with Crippen LogP contribution < -0.4 is 5.32 Å². The Labute approximate surface area is 144 Å². The first-order valence-corrected chi connectivity index (χ1v) is 8.16. The Morgan fingerprint density at radius 2 is 2.00 bits per heavy atom. The minimum atomic E-state index is -0.999. The standard InChI is InChI=1S/C18H21NO6/c1-23-10-13-12-4-2-3-5-14(12)25-15(13)16(20)19-11-18(17(21)22)6-8-24-9-7-18/h2-5H,6-11H2,1H3,(H,19,20)(H,21,22). The lowest BCUT2D eigenvalue weighted by atomic mass is 9.80. The topological polar surface area (TPSA) is 98.0 Å². The number of hydrogen-bond donors (Lipinski definition) is 2. The molecule has 1 aliphatic rings. The number of aliphatic carboxylic acids is 1. The van der Waals surface area contributed by atoms with E-state index in [4.69, 9.17) is 13.9 Å². The average Bonchev–Trinajstić information content (AvgIpc) is 3.00. The number of furan rings is 1. The predicted molar refractivity (Wildman–Crippen MR) is 89.4 cm³/mol. The summed E-state index contributed by atoms with van der Waals surface area (Å²) in [5.41, 5.74) is 0.257. The van der Waals surface area contributed by atoms with Crippen LogP contribution in [0.25, 0.3) is 11.0 Å². The maximum atomic E-state index is 12.6. The number of carbonyl (C=O) groups is 2. The van der Waals surface area contributed by atoms with Crippen molar-refractivity contribution in [1.29, 1.82) is 0 Å². The first-order chi connectivity index (χ1) is 12.1. The van der Waals surface area contributed by atoms with Crippen molar-refractivity contribution < 1.29 is 28.6 Å². The van der Waals surface area contributed by atoms with E-state index in [1.54, 1.807) is 13.2 Å². The molecule has 7 heteroatoms. The van der Waals surface area contributed by atoms with Crippen molar-refractivity contribution in [3.05, 3.63) is 35.6 Å². The third-order valence-electron chi connectivity index (χ3n) is 4.68. The summed E-state index contributed by atoms with van der Waals surface area (Å²) in [6.07, 6.45) is 0.737. The molecular formula is C18H21NO6. The SMILES string of the molecule is COCc1c(C(=O)NCC2(C(=O)O)CCOCC2)oc2ccccc12. The number of carboxylic acid groups (broad SMARTS) is 1. The molecule has 25 heavy (non-hydrogen) atoms. The van der Waals surface area contributed by atoms with Gasteiger partial charge in [0.2, 0.25) is 0 Å². The van der Waals surface area contributed by atoms with Gasteiger partial charge in [0.1, 0.15) is 5.58 Å². The van der Waals surface area contributed by atoms with Crippen molar-refractivity contribution in [2.24, 2.45) is 5.41 Å². The Hall–Kier alpha value is -2.38. The summed E-state index contributed by atoms with van der Waals surface area (Å²) in [5.74, 6) is -1.19. The van der Waals surface area contributed by atoms with Gasteiger partial charge in [-0.1, -0.05) is 18.2 Å². The van der Waals surface area contributed by atoms with Gasteiger partial charge >= 0.3 is 5.97 Å². The lowest BCUT2D eigenvalue weighted by molar-refractivity contribution is -0.154. The van der Waals surface area contributed by atoms with Crippen LogP contribution in [0.15, 0.2) is 28.7 Å². The highest BCUT2D eigenvalue weighted by Gasteiger charge is 2.40. The van der Waals surface area contributed by atoms with E-state index in [-0.39, 0.29) is 18.9 Å². The zero-order chi connectivity index (χ0) is 17.9. The first kappa shape index (κ1) is 17.4. The number of rotatable bonds is 6. The summed E-state index contributed by atoms with van der Waals surface area (Å²) in [5, 5.41) is 13.1. The highest BCUT2D eigenvalue weighted by molar-refractivity contribution is 5.99. The van der Waals surface area contributed by atoms with Crippen molar-refractivity contribution in [2.45, 2.75) is 19.4 Å². The smallest absolute Gasteiger partial charge is 0.311 e. The summed E-state index contributed by atoms with van der Waals surface area (Å²) in [6, 6.07) is 7.33. The number of carbonyl (C=O) groups excluding carboxylic acids is 1. The van der Waals surface area contributed by atoms with E-state index >= 15 is 0 Å². The molecule has 0 unspecified atom stereocenters. The molecule has 0 spiro atoms. The molecule has 1 fully saturated rings. The number of para-hydroxylation sites is 1. The van der Waals surface area contributed by atoms with Gasteiger partial charge in [-0.15, -0.1) is 0 Å². The number of carboxylic acids is 1. The summed E-state index contributed by atoms with van der Waals surface area (Å²) < 4.78 is 16.1. The lowest BCUT2D eigenvalue weighted by Gasteiger charge is -2.33. The number of benzene rings is 1. The molecule has 1 saturated heterocycles. The van der Waals surface area contributed by atoms with Crippen LogP contribution in [0.2, 0.25) is 0 Å². The monoisotopic (exact) mass is 347 g/mol. The van der Waals surface area contributed by atoms with Gasteiger partial charge in [-0.2, -0.15) is 0 Å². The van der Waals surface area contributed by atoms with Gasteiger partial charge in [0.05, 0.1) is 12.0 Å². The fourth-order valence-corrected chi connectivity index (χ4v) is 3.13. The zero-order valence-corrected chi connectivity index (χ0v) is 14.0. The second-order valence-electron chi connectivity index (χ2n) is 6.22. The highest BCUT2D eigenvalue weighted by atomic mass is 16.5. The zero-order valence-electron chi connectivity index (χ0n) is 14.0. The van der Waals surface area contributed by atoms with E-state index in [2.05, 4.69) is 5.32 Å². The summed E-state index contributed by atoms with van der Waals surface area (Å²) >= 11 is 0. The third kappa shape index (κ3) is 3.38. The van der Waals surface area contributed by atoms with E-state index < -0.39 is 17.3 Å². The molecule has 1 amide bonds. The van der Waals surface area contributed by atoms with Crippen LogP contribution in [0.3, 0.4) is 0 Å². The van der Waals surface area contributed by atoms with Crippen LogP contribution in [-0.4, -0.2) is 43.9 Å². The molecule has 3 rings (SSSR count). The molecule has 1 aromatic heterocycles. The Balaban J connectivity index is 1.82. The highest BCUT2D eigenvalue weighted by Crippen LogP contribution is 2.31. The quantitative estimate of drug-likeness (QED) is 0.831. The molecule has 1 aromatic carbocycles. The van der Waals surface area contributed by atoms with Gasteiger partial charge in [-0.05, 0) is 18.9 Å². The Kier molecular flexibility index (Phi) is 5.06. The third-order valence-corrected chi connectivity index (χ3v) is 4.68.